The van der Waals surface area contributed by atoms with Crippen molar-refractivity contribution in [2.75, 3.05) is 32.8 Å². The van der Waals surface area contributed by atoms with E-state index in [0.717, 1.165) is 12.1 Å². The summed E-state index contributed by atoms with van der Waals surface area (Å²) in [5.74, 6) is -1.68. The number of hydrogen-bond donors (Lipinski definition) is 0. The topological polar surface area (TPSA) is 84.0 Å². The van der Waals surface area contributed by atoms with Crippen molar-refractivity contribution in [3.63, 3.8) is 0 Å². The second kappa shape index (κ2) is 9.02. The molecule has 1 aliphatic heterocycles. The molecular weight excluding hydrogens is 467 g/mol. The zero-order valence-corrected chi connectivity index (χ0v) is 17.7. The van der Waals surface area contributed by atoms with E-state index in [1.54, 1.807) is 18.2 Å². The lowest BCUT2D eigenvalue weighted by atomic mass is 10.2. The molecule has 0 bridgehead atoms. The second-order valence-electron chi connectivity index (χ2n) is 6.30. The Morgan fingerprint density at radius 2 is 1.69 bits per heavy atom. The van der Waals surface area contributed by atoms with Crippen molar-refractivity contribution in [3.8, 4) is 0 Å². The molecule has 1 fully saturated rings. The minimum Gasteiger partial charge on any atom is -0.452 e. The third-order valence-electron chi connectivity index (χ3n) is 4.45. The Labute approximate surface area is 176 Å². The standard InChI is InChI=1S/C19H18BrFN2O5S/c20-17-12-14(21)6-7-16(17)19(25)28-13-18(24)22-8-10-23(11-9-22)29(26,27)15-4-2-1-3-5-15/h1-7,12H,8-11,13H2. The molecule has 154 valence electrons. The van der Waals surface area contributed by atoms with E-state index in [4.69, 9.17) is 4.74 Å². The van der Waals surface area contributed by atoms with E-state index >= 15 is 0 Å². The van der Waals surface area contributed by atoms with Gasteiger partial charge in [0.25, 0.3) is 5.91 Å². The monoisotopic (exact) mass is 484 g/mol. The predicted octanol–water partition coefficient (Wildman–Crippen LogP) is 2.28. The summed E-state index contributed by atoms with van der Waals surface area (Å²) < 4.78 is 44.9. The molecule has 0 spiro atoms. The van der Waals surface area contributed by atoms with Gasteiger partial charge in [-0.05, 0) is 46.3 Å². The quantitative estimate of drug-likeness (QED) is 0.607. The van der Waals surface area contributed by atoms with Crippen LogP contribution in [0.3, 0.4) is 0 Å². The summed E-state index contributed by atoms with van der Waals surface area (Å²) in [6, 6.07) is 11.6. The fraction of sp³-hybridized carbons (Fsp3) is 0.263. The smallest absolute Gasteiger partial charge is 0.339 e. The minimum absolute atomic E-state index is 0.109. The maximum absolute atomic E-state index is 13.1. The van der Waals surface area contributed by atoms with Crippen LogP contribution in [0.15, 0.2) is 57.9 Å². The van der Waals surface area contributed by atoms with Crippen LogP contribution < -0.4 is 0 Å². The number of hydrogen-bond acceptors (Lipinski definition) is 5. The highest BCUT2D eigenvalue weighted by Crippen LogP contribution is 2.20. The Morgan fingerprint density at radius 3 is 2.31 bits per heavy atom. The Hall–Kier alpha value is -2.30. The van der Waals surface area contributed by atoms with Gasteiger partial charge in [0.2, 0.25) is 10.0 Å². The number of carbonyl (C=O) groups is 2. The molecule has 0 aliphatic carbocycles. The normalized spacial score (nSPS) is 15.2. The first-order valence-electron chi connectivity index (χ1n) is 8.74. The Kier molecular flexibility index (Phi) is 6.66. The van der Waals surface area contributed by atoms with Crippen LogP contribution in [0.25, 0.3) is 0 Å². The summed E-state index contributed by atoms with van der Waals surface area (Å²) in [4.78, 5) is 26.0. The van der Waals surface area contributed by atoms with Crippen LogP contribution in [0.4, 0.5) is 4.39 Å². The van der Waals surface area contributed by atoms with Crippen LogP contribution in [-0.4, -0.2) is 62.3 Å². The zero-order chi connectivity index (χ0) is 21.0. The van der Waals surface area contributed by atoms with Crippen LogP contribution in [0.5, 0.6) is 0 Å². The van der Waals surface area contributed by atoms with Gasteiger partial charge in [0.05, 0.1) is 10.5 Å². The molecule has 0 radical (unpaired) electrons. The van der Waals surface area contributed by atoms with Crippen molar-refractivity contribution in [3.05, 3.63) is 64.4 Å². The molecule has 1 amide bonds. The summed E-state index contributed by atoms with van der Waals surface area (Å²) in [5.41, 5.74) is 0.109. The highest BCUT2D eigenvalue weighted by molar-refractivity contribution is 9.10. The van der Waals surface area contributed by atoms with Crippen LogP contribution in [0.1, 0.15) is 10.4 Å². The zero-order valence-electron chi connectivity index (χ0n) is 15.3. The number of benzene rings is 2. The number of ether oxygens (including phenoxy) is 1. The average molecular weight is 485 g/mol. The molecule has 0 unspecified atom stereocenters. The van der Waals surface area contributed by atoms with E-state index in [1.807, 2.05) is 0 Å². The number of nitrogens with zero attached hydrogens (tertiary/aromatic N) is 2. The van der Waals surface area contributed by atoms with Gasteiger partial charge in [-0.1, -0.05) is 18.2 Å². The average Bonchev–Trinajstić information content (AvgIpc) is 2.72. The molecular formula is C19H18BrFN2O5S. The number of piperazine rings is 1. The molecule has 1 saturated heterocycles. The Morgan fingerprint density at radius 1 is 1.03 bits per heavy atom. The summed E-state index contributed by atoms with van der Waals surface area (Å²) in [5, 5.41) is 0. The second-order valence-corrected chi connectivity index (χ2v) is 9.09. The lowest BCUT2D eigenvalue weighted by molar-refractivity contribution is -0.135. The van der Waals surface area contributed by atoms with Crippen molar-refractivity contribution in [1.29, 1.82) is 0 Å². The molecule has 1 heterocycles. The van der Waals surface area contributed by atoms with E-state index in [2.05, 4.69) is 15.9 Å². The van der Waals surface area contributed by atoms with Crippen molar-refractivity contribution >= 4 is 37.8 Å². The summed E-state index contributed by atoms with van der Waals surface area (Å²) in [6.07, 6.45) is 0. The van der Waals surface area contributed by atoms with Gasteiger partial charge in [-0.2, -0.15) is 4.31 Å². The van der Waals surface area contributed by atoms with Crippen molar-refractivity contribution < 1.29 is 27.1 Å². The fourth-order valence-electron chi connectivity index (χ4n) is 2.87. The van der Waals surface area contributed by atoms with Gasteiger partial charge in [-0.25, -0.2) is 17.6 Å². The van der Waals surface area contributed by atoms with E-state index in [0.29, 0.717) is 0 Å². The van der Waals surface area contributed by atoms with Crippen LogP contribution in [-0.2, 0) is 19.6 Å². The molecule has 0 saturated carbocycles. The van der Waals surface area contributed by atoms with Crippen LogP contribution >= 0.6 is 15.9 Å². The summed E-state index contributed by atoms with van der Waals surface area (Å²) >= 11 is 3.08. The number of esters is 1. The first-order chi connectivity index (χ1) is 13.8. The lowest BCUT2D eigenvalue weighted by Crippen LogP contribution is -2.51. The molecule has 1 aliphatic rings. The van der Waals surface area contributed by atoms with Crippen molar-refractivity contribution in [2.24, 2.45) is 0 Å². The number of sulfonamides is 1. The minimum atomic E-state index is -3.61. The van der Waals surface area contributed by atoms with Gasteiger partial charge < -0.3 is 9.64 Å². The fourth-order valence-corrected chi connectivity index (χ4v) is 4.83. The van der Waals surface area contributed by atoms with E-state index in [1.165, 1.54) is 27.4 Å². The van der Waals surface area contributed by atoms with Crippen LogP contribution in [0, 0.1) is 5.82 Å². The van der Waals surface area contributed by atoms with Gasteiger partial charge in [0.1, 0.15) is 5.82 Å². The molecule has 0 N–H and O–H groups in total. The Balaban J connectivity index is 1.53. The third-order valence-corrected chi connectivity index (χ3v) is 7.02. The van der Waals surface area contributed by atoms with Gasteiger partial charge in [0, 0.05) is 30.7 Å². The molecule has 0 atom stereocenters. The molecule has 7 nitrogen and oxygen atoms in total. The van der Waals surface area contributed by atoms with Crippen molar-refractivity contribution in [1.82, 2.24) is 9.21 Å². The molecule has 2 aromatic rings. The van der Waals surface area contributed by atoms with Crippen molar-refractivity contribution in [2.45, 2.75) is 4.90 Å². The highest BCUT2D eigenvalue weighted by atomic mass is 79.9. The number of halogens is 2. The Bertz CT molecular complexity index is 1010. The maximum Gasteiger partial charge on any atom is 0.339 e. The lowest BCUT2D eigenvalue weighted by Gasteiger charge is -2.33. The highest BCUT2D eigenvalue weighted by Gasteiger charge is 2.30. The summed E-state index contributed by atoms with van der Waals surface area (Å²) in [7, 11) is -3.61. The number of carbonyl (C=O) groups excluding carboxylic acids is 2. The largest absolute Gasteiger partial charge is 0.452 e. The first kappa shape index (κ1) is 21.4. The SMILES string of the molecule is O=C(OCC(=O)N1CCN(S(=O)(=O)c2ccccc2)CC1)c1ccc(F)cc1Br. The molecule has 10 heteroatoms. The number of rotatable bonds is 5. The number of amides is 1. The maximum atomic E-state index is 13.1. The summed E-state index contributed by atoms with van der Waals surface area (Å²) in [6.45, 7) is 0.223. The van der Waals surface area contributed by atoms with Gasteiger partial charge >= 0.3 is 5.97 Å². The van der Waals surface area contributed by atoms with Gasteiger partial charge in [-0.15, -0.1) is 0 Å². The molecule has 3 rings (SSSR count). The molecule has 0 aromatic heterocycles. The predicted molar refractivity (Wildman–Crippen MR) is 106 cm³/mol. The molecule has 29 heavy (non-hydrogen) atoms. The van der Waals surface area contributed by atoms with Gasteiger partial charge in [0.15, 0.2) is 6.61 Å². The van der Waals surface area contributed by atoms with E-state index in [-0.39, 0.29) is 41.1 Å². The van der Waals surface area contributed by atoms with Gasteiger partial charge in [-0.3, -0.25) is 4.79 Å². The van der Waals surface area contributed by atoms with E-state index in [9.17, 15) is 22.4 Å². The third kappa shape index (κ3) is 5.01. The first-order valence-corrected chi connectivity index (χ1v) is 11.0. The van der Waals surface area contributed by atoms with Crippen LogP contribution in [0.2, 0.25) is 0 Å². The molecule has 2 aromatic carbocycles. The van der Waals surface area contributed by atoms with E-state index < -0.39 is 34.3 Å².